The van der Waals surface area contributed by atoms with E-state index < -0.39 is 0 Å². The predicted molar refractivity (Wildman–Crippen MR) is 118 cm³/mol. The number of halogens is 1. The Morgan fingerprint density at radius 2 is 2.20 bits per heavy atom. The highest BCUT2D eigenvalue weighted by Crippen LogP contribution is 2.37. The maximum absolute atomic E-state index is 12.9. The van der Waals surface area contributed by atoms with Crippen molar-refractivity contribution in [3.05, 3.63) is 58.9 Å². The molecule has 1 N–H and O–H groups in total. The van der Waals surface area contributed by atoms with Gasteiger partial charge >= 0.3 is 0 Å². The number of para-hydroxylation sites is 2. The third-order valence-electron chi connectivity index (χ3n) is 5.22. The normalized spacial score (nSPS) is 16.5. The zero-order chi connectivity index (χ0) is 21.1. The number of aromatic amines is 1. The number of hydrogen-bond donors (Lipinski definition) is 1. The van der Waals surface area contributed by atoms with Gasteiger partial charge in [-0.2, -0.15) is 0 Å². The SMILES string of the molecule is CCOc1c(Cl)cc(C=CC(=O)N2CCCC2c2nc3ccccc3[nH]2)cc1OC. The first kappa shape index (κ1) is 20.3. The average Bonchev–Trinajstić information content (AvgIpc) is 3.40. The number of fused-ring (bicyclic) bond motifs is 1. The van der Waals surface area contributed by atoms with Crippen molar-refractivity contribution in [3.63, 3.8) is 0 Å². The number of carbonyl (C=O) groups excluding carboxylic acids is 1. The molecule has 0 spiro atoms. The first-order valence-corrected chi connectivity index (χ1v) is 10.4. The Bertz CT molecular complexity index is 1060. The number of aromatic nitrogens is 2. The van der Waals surface area contributed by atoms with Gasteiger partial charge in [0.25, 0.3) is 0 Å². The summed E-state index contributed by atoms with van der Waals surface area (Å²) in [7, 11) is 1.56. The molecule has 3 aromatic rings. The van der Waals surface area contributed by atoms with E-state index in [1.165, 1.54) is 0 Å². The van der Waals surface area contributed by atoms with Gasteiger partial charge in [0.1, 0.15) is 5.82 Å². The molecule has 30 heavy (non-hydrogen) atoms. The van der Waals surface area contributed by atoms with E-state index in [0.29, 0.717) is 29.7 Å². The second-order valence-corrected chi connectivity index (χ2v) is 7.54. The number of carbonyl (C=O) groups is 1. The van der Waals surface area contributed by atoms with Gasteiger partial charge in [0.05, 0.1) is 35.8 Å². The third-order valence-corrected chi connectivity index (χ3v) is 5.50. The van der Waals surface area contributed by atoms with E-state index in [-0.39, 0.29) is 11.9 Å². The van der Waals surface area contributed by atoms with Gasteiger partial charge < -0.3 is 19.4 Å². The minimum absolute atomic E-state index is 0.0481. The van der Waals surface area contributed by atoms with Gasteiger partial charge in [-0.15, -0.1) is 0 Å². The molecule has 1 saturated heterocycles. The zero-order valence-electron chi connectivity index (χ0n) is 17.0. The van der Waals surface area contributed by atoms with Crippen molar-refractivity contribution in [2.45, 2.75) is 25.8 Å². The third kappa shape index (κ3) is 4.00. The van der Waals surface area contributed by atoms with Gasteiger partial charge in [0.15, 0.2) is 11.5 Å². The van der Waals surface area contributed by atoms with Gasteiger partial charge in [-0.25, -0.2) is 4.98 Å². The number of imidazole rings is 1. The maximum atomic E-state index is 12.9. The lowest BCUT2D eigenvalue weighted by molar-refractivity contribution is -0.126. The van der Waals surface area contributed by atoms with Gasteiger partial charge in [-0.1, -0.05) is 23.7 Å². The number of likely N-dealkylation sites (tertiary alicyclic amines) is 1. The molecule has 2 heterocycles. The summed E-state index contributed by atoms with van der Waals surface area (Å²) in [4.78, 5) is 22.8. The molecule has 4 rings (SSSR count). The van der Waals surface area contributed by atoms with Crippen LogP contribution in [0.1, 0.15) is 37.2 Å². The number of H-pyrrole nitrogens is 1. The van der Waals surface area contributed by atoms with Gasteiger partial charge in [0.2, 0.25) is 5.91 Å². The van der Waals surface area contributed by atoms with Crippen LogP contribution >= 0.6 is 11.6 Å². The fourth-order valence-corrected chi connectivity index (χ4v) is 4.10. The molecule has 1 atom stereocenters. The second kappa shape index (κ2) is 8.79. The summed E-state index contributed by atoms with van der Waals surface area (Å²) < 4.78 is 10.9. The Labute approximate surface area is 180 Å². The number of ether oxygens (including phenoxy) is 2. The molecule has 0 aliphatic carbocycles. The van der Waals surface area contributed by atoms with E-state index in [1.54, 1.807) is 31.4 Å². The summed E-state index contributed by atoms with van der Waals surface area (Å²) in [5.74, 6) is 1.83. The van der Waals surface area contributed by atoms with E-state index >= 15 is 0 Å². The van der Waals surface area contributed by atoms with Crippen molar-refractivity contribution in [3.8, 4) is 11.5 Å². The van der Waals surface area contributed by atoms with Crippen molar-refractivity contribution in [2.75, 3.05) is 20.3 Å². The second-order valence-electron chi connectivity index (χ2n) is 7.13. The summed E-state index contributed by atoms with van der Waals surface area (Å²) in [5.41, 5.74) is 2.67. The Morgan fingerprint density at radius 1 is 1.37 bits per heavy atom. The lowest BCUT2D eigenvalue weighted by Gasteiger charge is -2.21. The van der Waals surface area contributed by atoms with Crippen LogP contribution in [0.4, 0.5) is 0 Å². The molecule has 6 nitrogen and oxygen atoms in total. The fourth-order valence-electron chi connectivity index (χ4n) is 3.83. The molecular formula is C23H24ClN3O3. The number of amides is 1. The summed E-state index contributed by atoms with van der Waals surface area (Å²) >= 11 is 6.33. The summed E-state index contributed by atoms with van der Waals surface area (Å²) in [5, 5.41) is 0.449. The van der Waals surface area contributed by atoms with Crippen LogP contribution in [0.3, 0.4) is 0 Å². The van der Waals surface area contributed by atoms with E-state index in [0.717, 1.165) is 35.3 Å². The molecule has 1 aliphatic rings. The highest BCUT2D eigenvalue weighted by atomic mass is 35.5. The van der Waals surface area contributed by atoms with Gasteiger partial charge in [-0.3, -0.25) is 4.79 Å². The number of rotatable bonds is 6. The number of benzene rings is 2. The van der Waals surface area contributed by atoms with Crippen LogP contribution in [-0.2, 0) is 4.79 Å². The quantitative estimate of drug-likeness (QED) is 0.564. The van der Waals surface area contributed by atoms with Crippen LogP contribution in [0.25, 0.3) is 17.1 Å². The van der Waals surface area contributed by atoms with Crippen molar-refractivity contribution < 1.29 is 14.3 Å². The Hall–Kier alpha value is -2.99. The Kier molecular flexibility index (Phi) is 5.95. The molecule has 0 radical (unpaired) electrons. The Balaban J connectivity index is 1.54. The first-order valence-electron chi connectivity index (χ1n) is 10.0. The summed E-state index contributed by atoms with van der Waals surface area (Å²) in [6.45, 7) is 3.08. The molecule has 1 aromatic heterocycles. The predicted octanol–water partition coefficient (Wildman–Crippen LogP) is 5.00. The smallest absolute Gasteiger partial charge is 0.247 e. The number of nitrogens with one attached hydrogen (secondary N) is 1. The Morgan fingerprint density at radius 3 is 2.97 bits per heavy atom. The molecule has 0 bridgehead atoms. The van der Waals surface area contributed by atoms with Crippen molar-refractivity contribution in [2.24, 2.45) is 0 Å². The minimum atomic E-state index is -0.0538. The molecule has 0 saturated carbocycles. The molecule has 1 unspecified atom stereocenters. The van der Waals surface area contributed by atoms with Crippen LogP contribution in [-0.4, -0.2) is 41.0 Å². The van der Waals surface area contributed by atoms with Crippen LogP contribution in [0.2, 0.25) is 5.02 Å². The van der Waals surface area contributed by atoms with Crippen LogP contribution in [0.5, 0.6) is 11.5 Å². The molecule has 1 fully saturated rings. The lowest BCUT2D eigenvalue weighted by Crippen LogP contribution is -2.29. The van der Waals surface area contributed by atoms with E-state index in [1.807, 2.05) is 36.1 Å². The fraction of sp³-hybridized carbons (Fsp3) is 0.304. The summed E-state index contributed by atoms with van der Waals surface area (Å²) in [6.07, 6.45) is 5.17. The molecule has 156 valence electrons. The number of methoxy groups -OCH3 is 1. The molecule has 1 aliphatic heterocycles. The molecule has 7 heteroatoms. The lowest BCUT2D eigenvalue weighted by atomic mass is 10.1. The highest BCUT2D eigenvalue weighted by Gasteiger charge is 2.31. The van der Waals surface area contributed by atoms with Crippen LogP contribution in [0.15, 0.2) is 42.5 Å². The topological polar surface area (TPSA) is 67.5 Å². The van der Waals surface area contributed by atoms with E-state index in [2.05, 4.69) is 9.97 Å². The molecule has 1 amide bonds. The standard InChI is InChI=1S/C23H24ClN3O3/c1-3-30-22-16(24)13-15(14-20(22)29-2)10-11-21(28)27-12-6-9-19(27)23-25-17-7-4-5-8-18(17)26-23/h4-5,7-8,10-11,13-14,19H,3,6,9,12H2,1-2H3,(H,25,26). The summed E-state index contributed by atoms with van der Waals surface area (Å²) in [6, 6.07) is 11.4. The number of hydrogen-bond acceptors (Lipinski definition) is 4. The van der Waals surface area contributed by atoms with Crippen molar-refractivity contribution >= 4 is 34.6 Å². The van der Waals surface area contributed by atoms with E-state index in [9.17, 15) is 4.79 Å². The minimum Gasteiger partial charge on any atom is -0.493 e. The largest absolute Gasteiger partial charge is 0.493 e. The van der Waals surface area contributed by atoms with Crippen LogP contribution in [0, 0.1) is 0 Å². The van der Waals surface area contributed by atoms with Gasteiger partial charge in [-0.05, 0) is 55.7 Å². The van der Waals surface area contributed by atoms with Crippen molar-refractivity contribution in [1.29, 1.82) is 0 Å². The average molecular weight is 426 g/mol. The van der Waals surface area contributed by atoms with Gasteiger partial charge in [0, 0.05) is 12.6 Å². The monoisotopic (exact) mass is 425 g/mol. The maximum Gasteiger partial charge on any atom is 0.247 e. The van der Waals surface area contributed by atoms with Crippen LogP contribution < -0.4 is 9.47 Å². The van der Waals surface area contributed by atoms with Crippen molar-refractivity contribution in [1.82, 2.24) is 14.9 Å². The number of nitrogens with zero attached hydrogens (tertiary/aromatic N) is 2. The van der Waals surface area contributed by atoms with E-state index in [4.69, 9.17) is 21.1 Å². The molecule has 2 aromatic carbocycles. The highest BCUT2D eigenvalue weighted by molar-refractivity contribution is 6.32. The zero-order valence-corrected chi connectivity index (χ0v) is 17.8. The first-order chi connectivity index (χ1) is 14.6. The molecular weight excluding hydrogens is 402 g/mol.